The van der Waals surface area contributed by atoms with Crippen molar-refractivity contribution < 1.29 is 19.4 Å². The molecule has 0 saturated heterocycles. The number of aromatic carboxylic acids is 1. The van der Waals surface area contributed by atoms with Gasteiger partial charge in [0, 0.05) is 18.5 Å². The first-order valence-corrected chi connectivity index (χ1v) is 6.71. The van der Waals surface area contributed by atoms with Gasteiger partial charge in [0.05, 0.1) is 12.6 Å². The molecule has 19 heavy (non-hydrogen) atoms. The average molecular weight is 285 g/mol. The largest absolute Gasteiger partial charge is 0.476 e. The van der Waals surface area contributed by atoms with Crippen molar-refractivity contribution in [1.29, 1.82) is 0 Å². The Morgan fingerprint density at radius 3 is 2.89 bits per heavy atom. The summed E-state index contributed by atoms with van der Waals surface area (Å²) in [6.07, 6.45) is 1.89. The van der Waals surface area contributed by atoms with Gasteiger partial charge in [0.25, 0.3) is 0 Å². The zero-order valence-electron chi connectivity index (χ0n) is 10.4. The van der Waals surface area contributed by atoms with E-state index in [0.29, 0.717) is 5.01 Å². The smallest absolute Gasteiger partial charge is 0.355 e. The SMILES string of the molecule is COC1CC(NC(=O)NCc2nc(C(=O)O)cs2)C1. The number of aromatic nitrogens is 1. The number of hydrogen-bond acceptors (Lipinski definition) is 5. The number of methoxy groups -OCH3 is 1. The lowest BCUT2D eigenvalue weighted by Crippen LogP contribution is -2.50. The third-order valence-electron chi connectivity index (χ3n) is 2.93. The maximum atomic E-state index is 11.6. The minimum atomic E-state index is -1.06. The number of ether oxygens (including phenoxy) is 1. The van der Waals surface area contributed by atoms with Gasteiger partial charge in [-0.15, -0.1) is 11.3 Å². The Morgan fingerprint density at radius 1 is 1.58 bits per heavy atom. The first-order chi connectivity index (χ1) is 9.08. The van der Waals surface area contributed by atoms with Gasteiger partial charge in [-0.05, 0) is 12.8 Å². The predicted molar refractivity (Wildman–Crippen MR) is 68.3 cm³/mol. The van der Waals surface area contributed by atoms with E-state index in [1.165, 1.54) is 16.7 Å². The van der Waals surface area contributed by atoms with E-state index in [1.807, 2.05) is 0 Å². The molecule has 7 nitrogen and oxygen atoms in total. The van der Waals surface area contributed by atoms with Gasteiger partial charge in [-0.25, -0.2) is 14.6 Å². The molecule has 0 bridgehead atoms. The molecule has 1 aliphatic carbocycles. The monoisotopic (exact) mass is 285 g/mol. The number of thiazole rings is 1. The van der Waals surface area contributed by atoms with Gasteiger partial charge in [-0.2, -0.15) is 0 Å². The Hall–Kier alpha value is -1.67. The minimum absolute atomic E-state index is 0.00383. The van der Waals surface area contributed by atoms with Crippen molar-refractivity contribution in [2.75, 3.05) is 7.11 Å². The first-order valence-electron chi connectivity index (χ1n) is 5.83. The van der Waals surface area contributed by atoms with Crippen LogP contribution in [0, 0.1) is 0 Å². The highest BCUT2D eigenvalue weighted by Gasteiger charge is 2.29. The Morgan fingerprint density at radius 2 is 2.32 bits per heavy atom. The van der Waals surface area contributed by atoms with Crippen LogP contribution in [0.5, 0.6) is 0 Å². The molecule has 1 fully saturated rings. The van der Waals surface area contributed by atoms with Crippen molar-refractivity contribution >= 4 is 23.3 Å². The van der Waals surface area contributed by atoms with Crippen LogP contribution in [0.3, 0.4) is 0 Å². The Balaban J connectivity index is 1.70. The normalized spacial score (nSPS) is 21.5. The van der Waals surface area contributed by atoms with Crippen LogP contribution in [0.1, 0.15) is 28.3 Å². The van der Waals surface area contributed by atoms with E-state index in [2.05, 4.69) is 15.6 Å². The summed E-state index contributed by atoms with van der Waals surface area (Å²) in [6, 6.07) is -0.123. The van der Waals surface area contributed by atoms with E-state index < -0.39 is 5.97 Å². The summed E-state index contributed by atoms with van der Waals surface area (Å²) in [6.45, 7) is 0.226. The number of carbonyl (C=O) groups excluding carboxylic acids is 1. The number of hydrogen-bond donors (Lipinski definition) is 3. The Kier molecular flexibility index (Phi) is 4.33. The van der Waals surface area contributed by atoms with E-state index in [0.717, 1.165) is 12.8 Å². The van der Waals surface area contributed by atoms with Crippen LogP contribution in [-0.4, -0.2) is 41.3 Å². The average Bonchev–Trinajstić information content (AvgIpc) is 2.79. The van der Waals surface area contributed by atoms with E-state index in [-0.39, 0.29) is 30.4 Å². The molecule has 2 rings (SSSR count). The van der Waals surface area contributed by atoms with Crippen molar-refractivity contribution in [3.8, 4) is 0 Å². The van der Waals surface area contributed by atoms with Crippen LogP contribution >= 0.6 is 11.3 Å². The first kappa shape index (κ1) is 13.8. The zero-order chi connectivity index (χ0) is 13.8. The number of carboxylic acids is 1. The number of carbonyl (C=O) groups is 2. The number of carboxylic acid groups (broad SMARTS) is 1. The second kappa shape index (κ2) is 5.98. The lowest BCUT2D eigenvalue weighted by atomic mass is 9.89. The summed E-state index contributed by atoms with van der Waals surface area (Å²) in [5, 5.41) is 16.2. The highest BCUT2D eigenvalue weighted by atomic mass is 32.1. The summed E-state index contributed by atoms with van der Waals surface area (Å²) in [5.74, 6) is -1.06. The summed E-state index contributed by atoms with van der Waals surface area (Å²) >= 11 is 1.21. The lowest BCUT2D eigenvalue weighted by molar-refractivity contribution is 0.0205. The van der Waals surface area contributed by atoms with Gasteiger partial charge in [-0.1, -0.05) is 0 Å². The summed E-state index contributed by atoms with van der Waals surface area (Å²) in [5.41, 5.74) is 0.00383. The summed E-state index contributed by atoms with van der Waals surface area (Å²) in [7, 11) is 1.66. The maximum Gasteiger partial charge on any atom is 0.355 e. The molecule has 0 spiro atoms. The Bertz CT molecular complexity index is 470. The number of nitrogens with zero attached hydrogens (tertiary/aromatic N) is 1. The van der Waals surface area contributed by atoms with Gasteiger partial charge in [-0.3, -0.25) is 0 Å². The molecular weight excluding hydrogens is 270 g/mol. The molecule has 1 aromatic rings. The van der Waals surface area contributed by atoms with E-state index in [9.17, 15) is 9.59 Å². The molecule has 1 heterocycles. The molecular formula is C11H15N3O4S. The minimum Gasteiger partial charge on any atom is -0.476 e. The number of urea groups is 1. The molecule has 0 atom stereocenters. The molecule has 0 unspecified atom stereocenters. The fourth-order valence-electron chi connectivity index (χ4n) is 1.76. The van der Waals surface area contributed by atoms with Gasteiger partial charge in [0.2, 0.25) is 0 Å². The molecule has 1 aromatic heterocycles. The quantitative estimate of drug-likeness (QED) is 0.743. The van der Waals surface area contributed by atoms with Gasteiger partial charge < -0.3 is 20.5 Å². The number of rotatable bonds is 5. The Labute approximate surface area is 114 Å². The van der Waals surface area contributed by atoms with Crippen LogP contribution < -0.4 is 10.6 Å². The van der Waals surface area contributed by atoms with Crippen LogP contribution in [0.2, 0.25) is 0 Å². The molecule has 8 heteroatoms. The topological polar surface area (TPSA) is 101 Å². The van der Waals surface area contributed by atoms with E-state index in [1.54, 1.807) is 7.11 Å². The summed E-state index contributed by atoms with van der Waals surface area (Å²) < 4.78 is 5.12. The van der Waals surface area contributed by atoms with Crippen LogP contribution in [-0.2, 0) is 11.3 Å². The van der Waals surface area contributed by atoms with Crippen molar-refractivity contribution in [2.24, 2.45) is 0 Å². The third-order valence-corrected chi connectivity index (χ3v) is 3.78. The second-order valence-corrected chi connectivity index (χ2v) is 5.23. The van der Waals surface area contributed by atoms with Crippen LogP contribution in [0.4, 0.5) is 4.79 Å². The van der Waals surface area contributed by atoms with Crippen LogP contribution in [0.15, 0.2) is 5.38 Å². The van der Waals surface area contributed by atoms with Gasteiger partial charge in [0.1, 0.15) is 5.01 Å². The third kappa shape index (κ3) is 3.65. The van der Waals surface area contributed by atoms with Gasteiger partial charge in [0.15, 0.2) is 5.69 Å². The molecule has 1 aliphatic rings. The second-order valence-electron chi connectivity index (χ2n) is 4.28. The van der Waals surface area contributed by atoms with Crippen molar-refractivity contribution in [2.45, 2.75) is 31.5 Å². The fourth-order valence-corrected chi connectivity index (χ4v) is 2.47. The van der Waals surface area contributed by atoms with E-state index >= 15 is 0 Å². The number of nitrogens with one attached hydrogen (secondary N) is 2. The van der Waals surface area contributed by atoms with Crippen LogP contribution in [0.25, 0.3) is 0 Å². The molecule has 3 N–H and O–H groups in total. The summed E-state index contributed by atoms with van der Waals surface area (Å²) in [4.78, 5) is 26.1. The molecule has 0 aliphatic heterocycles. The lowest BCUT2D eigenvalue weighted by Gasteiger charge is -2.34. The zero-order valence-corrected chi connectivity index (χ0v) is 11.2. The van der Waals surface area contributed by atoms with Gasteiger partial charge >= 0.3 is 12.0 Å². The highest BCUT2D eigenvalue weighted by Crippen LogP contribution is 2.22. The number of amides is 2. The maximum absolute atomic E-state index is 11.6. The van der Waals surface area contributed by atoms with Crippen molar-refractivity contribution in [1.82, 2.24) is 15.6 Å². The molecule has 104 valence electrons. The predicted octanol–water partition coefficient (Wildman–Crippen LogP) is 0.818. The standard InChI is InChI=1S/C11H15N3O4S/c1-18-7-2-6(3-7)13-11(17)12-4-9-14-8(5-19-9)10(15)16/h5-7H,2-4H2,1H3,(H,15,16)(H2,12,13,17). The molecule has 1 saturated carbocycles. The van der Waals surface area contributed by atoms with Crippen molar-refractivity contribution in [3.63, 3.8) is 0 Å². The molecule has 0 radical (unpaired) electrons. The molecule has 2 amide bonds. The van der Waals surface area contributed by atoms with Crippen molar-refractivity contribution in [3.05, 3.63) is 16.1 Å². The molecule has 0 aromatic carbocycles. The fraction of sp³-hybridized carbons (Fsp3) is 0.545. The van der Waals surface area contributed by atoms with E-state index in [4.69, 9.17) is 9.84 Å². The highest BCUT2D eigenvalue weighted by molar-refractivity contribution is 7.09.